The minimum atomic E-state index is -0.589. The van der Waals surface area contributed by atoms with Crippen molar-refractivity contribution in [3.63, 3.8) is 0 Å². The maximum absolute atomic E-state index is 13.1. The Kier molecular flexibility index (Phi) is 10.2. The molecule has 0 aromatic rings. The van der Waals surface area contributed by atoms with Gasteiger partial charge in [-0.25, -0.2) is 10.3 Å². The van der Waals surface area contributed by atoms with Crippen molar-refractivity contribution in [3.8, 4) is 0 Å². The average molecular weight is 370 g/mol. The molecule has 3 amide bonds. The van der Waals surface area contributed by atoms with Crippen LogP contribution in [0.5, 0.6) is 0 Å². The van der Waals surface area contributed by atoms with Gasteiger partial charge in [0.15, 0.2) is 5.78 Å². The topological polar surface area (TPSA) is 111 Å². The number of carbonyl (C=O) groups excluding carboxylic acids is 3. The fourth-order valence-corrected chi connectivity index (χ4v) is 3.12. The molecular formula is C18H34N4O4. The fraction of sp³-hybridized carbons (Fsp3) is 0.833. The molecule has 0 saturated carbocycles. The quantitative estimate of drug-likeness (QED) is 0.263. The molecular weight excluding hydrogens is 336 g/mol. The van der Waals surface area contributed by atoms with Gasteiger partial charge < -0.3 is 15.5 Å². The maximum atomic E-state index is 13.1. The van der Waals surface area contributed by atoms with Gasteiger partial charge in [-0.3, -0.25) is 14.8 Å². The second kappa shape index (κ2) is 11.9. The van der Waals surface area contributed by atoms with Crippen LogP contribution in [0.2, 0.25) is 0 Å². The molecule has 0 spiro atoms. The molecule has 2 atom stereocenters. The molecule has 0 unspecified atom stereocenters. The van der Waals surface area contributed by atoms with Gasteiger partial charge in [-0.15, -0.1) is 0 Å². The van der Waals surface area contributed by atoms with E-state index in [0.717, 1.165) is 19.3 Å². The summed E-state index contributed by atoms with van der Waals surface area (Å²) in [5, 5.41) is 14.8. The second-order valence-corrected chi connectivity index (χ2v) is 7.33. The highest BCUT2D eigenvalue weighted by Crippen LogP contribution is 2.20. The smallest absolute Gasteiger partial charge is 0.318 e. The van der Waals surface area contributed by atoms with Crippen molar-refractivity contribution in [1.29, 1.82) is 0 Å². The Morgan fingerprint density at radius 3 is 2.62 bits per heavy atom. The third-order valence-electron chi connectivity index (χ3n) is 4.61. The van der Waals surface area contributed by atoms with Crippen molar-refractivity contribution in [1.82, 2.24) is 21.0 Å². The lowest BCUT2D eigenvalue weighted by atomic mass is 9.88. The Labute approximate surface area is 156 Å². The molecule has 0 radical (unpaired) electrons. The first kappa shape index (κ1) is 22.4. The molecule has 1 rings (SSSR count). The summed E-state index contributed by atoms with van der Waals surface area (Å²) in [6.07, 6.45) is 3.36. The van der Waals surface area contributed by atoms with Gasteiger partial charge in [-0.1, -0.05) is 40.0 Å². The van der Waals surface area contributed by atoms with Gasteiger partial charge in [-0.05, 0) is 12.3 Å². The number of unbranched alkanes of at least 4 members (excludes halogenated alkanes) is 2. The largest absolute Gasteiger partial charge is 0.338 e. The van der Waals surface area contributed by atoms with Crippen LogP contribution in [0.15, 0.2) is 0 Å². The van der Waals surface area contributed by atoms with Crippen molar-refractivity contribution in [2.45, 2.75) is 58.9 Å². The average Bonchev–Trinajstić information content (AvgIpc) is 2.64. The van der Waals surface area contributed by atoms with E-state index in [0.29, 0.717) is 38.5 Å². The minimum Gasteiger partial charge on any atom is -0.338 e. The number of nitrogens with zero attached hydrogens (tertiary/aromatic N) is 1. The van der Waals surface area contributed by atoms with E-state index in [4.69, 9.17) is 5.21 Å². The molecule has 0 aromatic heterocycles. The molecule has 26 heavy (non-hydrogen) atoms. The summed E-state index contributed by atoms with van der Waals surface area (Å²) in [5.41, 5.74) is 1.61. The first-order valence-corrected chi connectivity index (χ1v) is 9.62. The zero-order valence-electron chi connectivity index (χ0n) is 16.2. The summed E-state index contributed by atoms with van der Waals surface area (Å²) in [6, 6.07) is -0.827. The molecule has 1 aliphatic rings. The van der Waals surface area contributed by atoms with Gasteiger partial charge in [0.1, 0.15) is 6.04 Å². The number of hydroxylamine groups is 1. The standard InChI is InChI=1S/C18H34N4O4/c1-4-5-6-7-14(10-16(23)21-26)17(24)15-12-19-8-9-22(15)18(25)20-11-13(2)3/h13-15,19,26H,4-12H2,1-3H3,(H,20,25)(H,21,23)/t14-,15+/m1/s1. The predicted octanol–water partition coefficient (Wildman–Crippen LogP) is 1.29. The highest BCUT2D eigenvalue weighted by molar-refractivity contribution is 5.93. The molecule has 0 aliphatic carbocycles. The lowest BCUT2D eigenvalue weighted by Gasteiger charge is -2.37. The number of piperazine rings is 1. The number of amides is 3. The Hall–Kier alpha value is -1.67. The summed E-state index contributed by atoms with van der Waals surface area (Å²) in [5.74, 6) is -0.860. The van der Waals surface area contributed by atoms with Crippen LogP contribution in [0.1, 0.15) is 52.9 Å². The van der Waals surface area contributed by atoms with Gasteiger partial charge >= 0.3 is 6.03 Å². The molecule has 4 N–H and O–H groups in total. The van der Waals surface area contributed by atoms with E-state index in [1.54, 1.807) is 10.4 Å². The van der Waals surface area contributed by atoms with Crippen molar-refractivity contribution >= 4 is 17.7 Å². The number of urea groups is 1. The first-order valence-electron chi connectivity index (χ1n) is 9.62. The van der Waals surface area contributed by atoms with E-state index in [2.05, 4.69) is 17.6 Å². The van der Waals surface area contributed by atoms with E-state index >= 15 is 0 Å². The number of Topliss-reactive ketones (excluding diaryl/α,β-unsaturated/α-hetero) is 1. The SMILES string of the molecule is CCCCC[C@H](CC(=O)NO)C(=O)[C@@H]1CNCCN1C(=O)NCC(C)C. The molecule has 8 nitrogen and oxygen atoms in total. The van der Waals surface area contributed by atoms with Gasteiger partial charge in [0.05, 0.1) is 0 Å². The minimum absolute atomic E-state index is 0.0585. The summed E-state index contributed by atoms with van der Waals surface area (Å²) in [4.78, 5) is 38.8. The number of hydrogen-bond donors (Lipinski definition) is 4. The molecule has 1 fully saturated rings. The van der Waals surface area contributed by atoms with E-state index < -0.39 is 17.9 Å². The monoisotopic (exact) mass is 370 g/mol. The molecule has 1 heterocycles. The Morgan fingerprint density at radius 2 is 2.00 bits per heavy atom. The van der Waals surface area contributed by atoms with E-state index in [-0.39, 0.29) is 18.2 Å². The number of carbonyl (C=O) groups is 3. The summed E-state index contributed by atoms with van der Waals surface area (Å²) in [7, 11) is 0. The van der Waals surface area contributed by atoms with Gasteiger partial charge in [0.2, 0.25) is 5.91 Å². The highest BCUT2D eigenvalue weighted by Gasteiger charge is 2.36. The lowest BCUT2D eigenvalue weighted by Crippen LogP contribution is -2.60. The summed E-state index contributed by atoms with van der Waals surface area (Å²) < 4.78 is 0. The van der Waals surface area contributed by atoms with E-state index in [1.165, 1.54) is 0 Å². The molecule has 1 saturated heterocycles. The summed E-state index contributed by atoms with van der Waals surface area (Å²) in [6.45, 7) is 8.12. The van der Waals surface area contributed by atoms with Crippen molar-refractivity contribution in [3.05, 3.63) is 0 Å². The Bertz CT molecular complexity index is 470. The van der Waals surface area contributed by atoms with Crippen LogP contribution in [0.25, 0.3) is 0 Å². The van der Waals surface area contributed by atoms with Crippen LogP contribution >= 0.6 is 0 Å². The second-order valence-electron chi connectivity index (χ2n) is 7.33. The molecule has 1 aliphatic heterocycles. The van der Waals surface area contributed by atoms with Crippen molar-refractivity contribution < 1.29 is 19.6 Å². The van der Waals surface area contributed by atoms with Crippen LogP contribution in [0.3, 0.4) is 0 Å². The zero-order valence-corrected chi connectivity index (χ0v) is 16.2. The third kappa shape index (κ3) is 7.29. The number of rotatable bonds is 10. The first-order chi connectivity index (χ1) is 12.4. The predicted molar refractivity (Wildman–Crippen MR) is 98.8 cm³/mol. The Balaban J connectivity index is 2.82. The van der Waals surface area contributed by atoms with Gasteiger partial charge in [0, 0.05) is 38.5 Å². The van der Waals surface area contributed by atoms with Crippen LogP contribution < -0.4 is 16.1 Å². The molecule has 0 bridgehead atoms. The maximum Gasteiger partial charge on any atom is 0.318 e. The van der Waals surface area contributed by atoms with E-state index in [9.17, 15) is 14.4 Å². The third-order valence-corrected chi connectivity index (χ3v) is 4.61. The molecule has 0 aromatic carbocycles. The van der Waals surface area contributed by atoms with Crippen molar-refractivity contribution in [2.24, 2.45) is 11.8 Å². The number of ketones is 1. The van der Waals surface area contributed by atoms with Gasteiger partial charge in [0.25, 0.3) is 0 Å². The molecule has 150 valence electrons. The normalized spacial score (nSPS) is 18.5. The van der Waals surface area contributed by atoms with Crippen LogP contribution in [-0.4, -0.2) is 60.0 Å². The van der Waals surface area contributed by atoms with Crippen LogP contribution in [0, 0.1) is 11.8 Å². The van der Waals surface area contributed by atoms with Gasteiger partial charge in [-0.2, -0.15) is 0 Å². The van der Waals surface area contributed by atoms with Crippen LogP contribution in [0.4, 0.5) is 4.79 Å². The fourth-order valence-electron chi connectivity index (χ4n) is 3.12. The van der Waals surface area contributed by atoms with E-state index in [1.807, 2.05) is 13.8 Å². The van der Waals surface area contributed by atoms with Crippen molar-refractivity contribution in [2.75, 3.05) is 26.2 Å². The summed E-state index contributed by atoms with van der Waals surface area (Å²) >= 11 is 0. The Morgan fingerprint density at radius 1 is 1.27 bits per heavy atom. The van der Waals surface area contributed by atoms with Crippen LogP contribution in [-0.2, 0) is 9.59 Å². The number of nitrogens with one attached hydrogen (secondary N) is 3. The highest BCUT2D eigenvalue weighted by atomic mass is 16.5. The zero-order chi connectivity index (χ0) is 19.5. The lowest BCUT2D eigenvalue weighted by molar-refractivity contribution is -0.136. The number of hydrogen-bond acceptors (Lipinski definition) is 5. The molecule has 8 heteroatoms.